The summed E-state index contributed by atoms with van der Waals surface area (Å²) < 4.78 is 0. The maximum Gasteiger partial charge on any atom is 0.198 e. The second kappa shape index (κ2) is 5.48. The normalized spacial score (nSPS) is 13.4. The molecule has 0 saturated heterocycles. The molecule has 4 nitrogen and oxygen atoms in total. The minimum absolute atomic E-state index is 0.00979. The second-order valence-electron chi connectivity index (χ2n) is 6.89. The van der Waals surface area contributed by atoms with Crippen LogP contribution >= 0.6 is 0 Å². The number of carbonyl (C=O) groups is 2. The van der Waals surface area contributed by atoms with Crippen LogP contribution in [0.1, 0.15) is 82.5 Å². The average molecular weight is 323 g/mol. The van der Waals surface area contributed by atoms with Crippen molar-refractivity contribution in [2.24, 2.45) is 0 Å². The fraction of sp³-hybridized carbons (Fsp3) is 0.300. The summed E-state index contributed by atoms with van der Waals surface area (Å²) in [6.45, 7) is 7.83. The minimum Gasteiger partial charge on any atom is -0.507 e. The van der Waals surface area contributed by atoms with Crippen LogP contribution in [-0.2, 0) is 0 Å². The van der Waals surface area contributed by atoms with E-state index in [9.17, 15) is 14.7 Å². The van der Waals surface area contributed by atoms with Crippen LogP contribution in [0.15, 0.2) is 24.3 Å². The molecule has 0 aromatic heterocycles. The molecule has 124 valence electrons. The van der Waals surface area contributed by atoms with Crippen molar-refractivity contribution in [1.29, 1.82) is 0 Å². The number of hydrogen-bond acceptors (Lipinski definition) is 4. The van der Waals surface area contributed by atoms with Crippen molar-refractivity contribution >= 4 is 17.3 Å². The Balaban J connectivity index is 2.47. The highest BCUT2D eigenvalue weighted by Crippen LogP contribution is 2.41. The standard InChI is InChI=1S/C20H21NO3/c1-9(2)12-8-13(21)15(10(3)4)18-17(12)20(24)16-11(19(18)23)6-5-7-14(16)22/h5-10,22H,21H2,1-4H3. The predicted molar refractivity (Wildman–Crippen MR) is 94.0 cm³/mol. The Morgan fingerprint density at radius 2 is 1.58 bits per heavy atom. The van der Waals surface area contributed by atoms with Crippen LogP contribution in [0.5, 0.6) is 5.75 Å². The van der Waals surface area contributed by atoms with Crippen molar-refractivity contribution in [1.82, 2.24) is 0 Å². The van der Waals surface area contributed by atoms with Crippen molar-refractivity contribution in [2.45, 2.75) is 39.5 Å². The van der Waals surface area contributed by atoms with E-state index < -0.39 is 0 Å². The zero-order chi connectivity index (χ0) is 17.8. The summed E-state index contributed by atoms with van der Waals surface area (Å²) in [4.78, 5) is 26.3. The lowest BCUT2D eigenvalue weighted by Gasteiger charge is -2.27. The average Bonchev–Trinajstić information content (AvgIpc) is 2.50. The lowest BCUT2D eigenvalue weighted by molar-refractivity contribution is 0.0974. The van der Waals surface area contributed by atoms with Gasteiger partial charge in [0.1, 0.15) is 5.75 Å². The number of ketones is 2. The largest absolute Gasteiger partial charge is 0.507 e. The number of nitrogen functional groups attached to an aromatic ring is 1. The molecule has 0 saturated carbocycles. The van der Waals surface area contributed by atoms with Gasteiger partial charge in [0.2, 0.25) is 0 Å². The van der Waals surface area contributed by atoms with E-state index in [2.05, 4.69) is 0 Å². The predicted octanol–water partition coefficient (Wildman–Crippen LogP) is 4.00. The quantitative estimate of drug-likeness (QED) is 0.699. The third-order valence-electron chi connectivity index (χ3n) is 4.60. The van der Waals surface area contributed by atoms with E-state index in [4.69, 9.17) is 5.73 Å². The van der Waals surface area contributed by atoms with Crippen LogP contribution in [0.4, 0.5) is 5.69 Å². The van der Waals surface area contributed by atoms with Crippen molar-refractivity contribution in [3.05, 3.63) is 57.6 Å². The van der Waals surface area contributed by atoms with Crippen LogP contribution < -0.4 is 5.73 Å². The van der Waals surface area contributed by atoms with Crippen molar-refractivity contribution in [2.75, 3.05) is 5.73 Å². The first-order chi connectivity index (χ1) is 11.3. The molecule has 1 aliphatic rings. The third-order valence-corrected chi connectivity index (χ3v) is 4.60. The van der Waals surface area contributed by atoms with E-state index in [1.54, 1.807) is 18.2 Å². The highest BCUT2D eigenvalue weighted by molar-refractivity contribution is 6.30. The van der Waals surface area contributed by atoms with Gasteiger partial charge in [0, 0.05) is 22.4 Å². The van der Waals surface area contributed by atoms with Crippen LogP contribution in [0, 0.1) is 0 Å². The monoisotopic (exact) mass is 323 g/mol. The van der Waals surface area contributed by atoms with Crippen LogP contribution in [0.25, 0.3) is 0 Å². The summed E-state index contributed by atoms with van der Waals surface area (Å²) in [5.41, 5.74) is 9.36. The molecule has 3 rings (SSSR count). The molecule has 0 heterocycles. The van der Waals surface area contributed by atoms with Gasteiger partial charge in [-0.1, -0.05) is 39.8 Å². The first-order valence-corrected chi connectivity index (χ1v) is 8.13. The van der Waals surface area contributed by atoms with Crippen molar-refractivity contribution in [3.63, 3.8) is 0 Å². The number of carbonyl (C=O) groups excluding carboxylic acids is 2. The number of aromatic hydroxyl groups is 1. The number of fused-ring (bicyclic) bond motifs is 2. The molecule has 0 fully saturated rings. The topological polar surface area (TPSA) is 80.4 Å². The highest BCUT2D eigenvalue weighted by atomic mass is 16.3. The number of anilines is 1. The van der Waals surface area contributed by atoms with Gasteiger partial charge in [-0.25, -0.2) is 0 Å². The van der Waals surface area contributed by atoms with Crippen LogP contribution in [0.3, 0.4) is 0 Å². The first kappa shape index (κ1) is 16.2. The number of benzene rings is 2. The molecular formula is C20H21NO3. The molecule has 0 bridgehead atoms. The van der Waals surface area contributed by atoms with Crippen LogP contribution in [0.2, 0.25) is 0 Å². The first-order valence-electron chi connectivity index (χ1n) is 8.13. The summed E-state index contributed by atoms with van der Waals surface area (Å²) in [6.07, 6.45) is 0. The molecule has 0 radical (unpaired) electrons. The van der Waals surface area contributed by atoms with Crippen molar-refractivity contribution in [3.8, 4) is 5.75 Å². The minimum atomic E-state index is -0.302. The highest BCUT2D eigenvalue weighted by Gasteiger charge is 2.37. The Morgan fingerprint density at radius 3 is 2.17 bits per heavy atom. The Hall–Kier alpha value is -2.62. The van der Waals surface area contributed by atoms with Gasteiger partial charge < -0.3 is 10.8 Å². The molecule has 4 heteroatoms. The van der Waals surface area contributed by atoms with Gasteiger partial charge in [-0.05, 0) is 35.1 Å². The lowest BCUT2D eigenvalue weighted by atomic mass is 9.75. The summed E-state index contributed by atoms with van der Waals surface area (Å²) in [7, 11) is 0. The molecule has 0 atom stereocenters. The molecule has 2 aromatic rings. The second-order valence-corrected chi connectivity index (χ2v) is 6.89. The SMILES string of the molecule is CC(C)c1cc(N)c(C(C)C)c2c1C(=O)c1c(O)cccc1C2=O. The molecule has 0 unspecified atom stereocenters. The van der Waals surface area contributed by atoms with Gasteiger partial charge >= 0.3 is 0 Å². The molecule has 24 heavy (non-hydrogen) atoms. The van der Waals surface area contributed by atoms with E-state index in [-0.39, 0.29) is 40.3 Å². The van der Waals surface area contributed by atoms with Gasteiger partial charge in [0.25, 0.3) is 0 Å². The van der Waals surface area contributed by atoms with E-state index in [1.807, 2.05) is 27.7 Å². The zero-order valence-corrected chi connectivity index (χ0v) is 14.3. The Morgan fingerprint density at radius 1 is 0.917 bits per heavy atom. The molecular weight excluding hydrogens is 302 g/mol. The maximum absolute atomic E-state index is 13.1. The smallest absolute Gasteiger partial charge is 0.198 e. The summed E-state index contributed by atoms with van der Waals surface area (Å²) >= 11 is 0. The van der Waals surface area contributed by atoms with Gasteiger partial charge in [-0.15, -0.1) is 0 Å². The molecule has 0 spiro atoms. The van der Waals surface area contributed by atoms with E-state index >= 15 is 0 Å². The van der Waals surface area contributed by atoms with Gasteiger partial charge in [0.05, 0.1) is 5.56 Å². The molecule has 2 aromatic carbocycles. The van der Waals surface area contributed by atoms with E-state index in [0.717, 1.165) is 5.56 Å². The fourth-order valence-electron chi connectivity index (χ4n) is 3.53. The van der Waals surface area contributed by atoms with Gasteiger partial charge in [-0.3, -0.25) is 9.59 Å². The Bertz CT molecular complexity index is 879. The molecule has 3 N–H and O–H groups in total. The summed E-state index contributed by atoms with van der Waals surface area (Å²) in [5, 5.41) is 10.1. The summed E-state index contributed by atoms with van der Waals surface area (Å²) in [5.74, 6) is -0.659. The van der Waals surface area contributed by atoms with Gasteiger partial charge in [0.15, 0.2) is 11.6 Å². The molecule has 0 amide bonds. The Labute approximate surface area is 141 Å². The van der Waals surface area contributed by atoms with Crippen molar-refractivity contribution < 1.29 is 14.7 Å². The number of hydrogen-bond donors (Lipinski definition) is 2. The number of phenolic OH excluding ortho intramolecular Hbond substituents is 1. The van der Waals surface area contributed by atoms with E-state index in [1.165, 1.54) is 6.07 Å². The maximum atomic E-state index is 13.1. The number of phenols is 1. The Kier molecular flexibility index (Phi) is 3.71. The van der Waals surface area contributed by atoms with Gasteiger partial charge in [-0.2, -0.15) is 0 Å². The molecule has 1 aliphatic carbocycles. The fourth-order valence-corrected chi connectivity index (χ4v) is 3.53. The number of nitrogens with two attached hydrogens (primary N) is 1. The summed E-state index contributed by atoms with van der Waals surface area (Å²) in [6, 6.07) is 6.40. The lowest BCUT2D eigenvalue weighted by Crippen LogP contribution is -2.26. The third kappa shape index (κ3) is 2.13. The molecule has 0 aliphatic heterocycles. The van der Waals surface area contributed by atoms with Crippen LogP contribution in [-0.4, -0.2) is 16.7 Å². The zero-order valence-electron chi connectivity index (χ0n) is 14.3. The van der Waals surface area contributed by atoms with E-state index in [0.29, 0.717) is 22.4 Å². The number of rotatable bonds is 2.